The quantitative estimate of drug-likeness (QED) is 0.724. The lowest BCUT2D eigenvalue weighted by Crippen LogP contribution is -2.25. The number of amides is 1. The van der Waals surface area contributed by atoms with Crippen molar-refractivity contribution in [2.75, 3.05) is 13.1 Å². The first kappa shape index (κ1) is 19.2. The molecule has 0 bridgehead atoms. The van der Waals surface area contributed by atoms with Crippen LogP contribution in [-0.2, 0) is 11.2 Å². The molecule has 0 aliphatic heterocycles. The van der Waals surface area contributed by atoms with E-state index in [1.165, 1.54) is 6.07 Å². The summed E-state index contributed by atoms with van der Waals surface area (Å²) in [5.74, 6) is 0.828. The van der Waals surface area contributed by atoms with Crippen molar-refractivity contribution < 1.29 is 13.6 Å². The maximum Gasteiger partial charge on any atom is 0.220 e. The van der Waals surface area contributed by atoms with Crippen LogP contribution in [0, 0.1) is 5.82 Å². The molecule has 2 rings (SSSR count). The van der Waals surface area contributed by atoms with Crippen LogP contribution in [0.15, 0.2) is 40.8 Å². The summed E-state index contributed by atoms with van der Waals surface area (Å²) in [7, 11) is 0. The first-order valence-electron chi connectivity index (χ1n) is 7.51. The Kier molecular flexibility index (Phi) is 8.37. The largest absolute Gasteiger partial charge is 0.461 e. The zero-order valence-corrected chi connectivity index (χ0v) is 13.7. The van der Waals surface area contributed by atoms with Crippen molar-refractivity contribution in [3.05, 3.63) is 48.0 Å². The van der Waals surface area contributed by atoms with Crippen molar-refractivity contribution in [3.63, 3.8) is 0 Å². The van der Waals surface area contributed by atoms with Gasteiger partial charge in [0.25, 0.3) is 0 Å². The number of carbonyl (C=O) groups excluding carboxylic acids is 1. The average molecular weight is 341 g/mol. The number of aryl methyl sites for hydroxylation is 1. The van der Waals surface area contributed by atoms with Gasteiger partial charge in [0.2, 0.25) is 5.91 Å². The molecule has 0 saturated heterocycles. The second-order valence-electron chi connectivity index (χ2n) is 5.09. The van der Waals surface area contributed by atoms with Crippen LogP contribution in [0.4, 0.5) is 4.39 Å². The first-order valence-corrected chi connectivity index (χ1v) is 7.51. The van der Waals surface area contributed by atoms with Gasteiger partial charge in [0.15, 0.2) is 0 Å². The molecule has 3 N–H and O–H groups in total. The number of nitrogens with one attached hydrogen (secondary N) is 1. The molecule has 1 heterocycles. The van der Waals surface area contributed by atoms with Gasteiger partial charge < -0.3 is 15.5 Å². The molecule has 0 aliphatic carbocycles. The summed E-state index contributed by atoms with van der Waals surface area (Å²) in [5.41, 5.74) is 5.82. The van der Waals surface area contributed by atoms with Gasteiger partial charge in [-0.3, -0.25) is 4.79 Å². The highest BCUT2D eigenvalue weighted by Crippen LogP contribution is 2.25. The topological polar surface area (TPSA) is 68.3 Å². The highest BCUT2D eigenvalue weighted by molar-refractivity contribution is 5.85. The molecule has 0 aliphatic rings. The Bertz CT molecular complexity index is 616. The third-order valence-electron chi connectivity index (χ3n) is 3.35. The normalized spacial score (nSPS) is 10.2. The van der Waals surface area contributed by atoms with Gasteiger partial charge in [-0.05, 0) is 43.7 Å². The summed E-state index contributed by atoms with van der Waals surface area (Å²) < 4.78 is 19.3. The zero-order valence-electron chi connectivity index (χ0n) is 12.9. The smallest absolute Gasteiger partial charge is 0.220 e. The molecule has 23 heavy (non-hydrogen) atoms. The number of hydrogen-bond acceptors (Lipinski definition) is 3. The fourth-order valence-corrected chi connectivity index (χ4v) is 2.14. The van der Waals surface area contributed by atoms with E-state index in [4.69, 9.17) is 10.2 Å². The van der Waals surface area contributed by atoms with E-state index in [-0.39, 0.29) is 24.1 Å². The number of halogens is 2. The number of unbranched alkanes of at least 4 members (excludes halogenated alkanes) is 1. The summed E-state index contributed by atoms with van der Waals surface area (Å²) in [4.78, 5) is 11.7. The van der Waals surface area contributed by atoms with Crippen molar-refractivity contribution in [1.82, 2.24) is 5.32 Å². The van der Waals surface area contributed by atoms with E-state index in [1.54, 1.807) is 30.3 Å². The Hall–Kier alpha value is -1.85. The standard InChI is InChI=1S/C17H21FN2O2.ClH/c18-15-6-2-1-5-14(15)16-9-7-13(22-16)8-10-17(21)20-12-4-3-11-19;/h1-2,5-7,9H,3-4,8,10-12,19H2,(H,20,21);1H. The van der Waals surface area contributed by atoms with E-state index in [9.17, 15) is 9.18 Å². The third-order valence-corrected chi connectivity index (χ3v) is 3.35. The molecule has 0 radical (unpaired) electrons. The van der Waals surface area contributed by atoms with Crippen LogP contribution in [0.2, 0.25) is 0 Å². The Morgan fingerprint density at radius 2 is 1.96 bits per heavy atom. The van der Waals surface area contributed by atoms with Gasteiger partial charge in [0.05, 0.1) is 5.56 Å². The van der Waals surface area contributed by atoms with Gasteiger partial charge in [-0.15, -0.1) is 12.4 Å². The van der Waals surface area contributed by atoms with Gasteiger partial charge in [-0.25, -0.2) is 4.39 Å². The highest BCUT2D eigenvalue weighted by atomic mass is 35.5. The minimum Gasteiger partial charge on any atom is -0.461 e. The SMILES string of the molecule is Cl.NCCCCNC(=O)CCc1ccc(-c2ccccc2F)o1. The lowest BCUT2D eigenvalue weighted by molar-refractivity contribution is -0.121. The number of carbonyl (C=O) groups is 1. The van der Waals surface area contributed by atoms with Crippen LogP contribution < -0.4 is 11.1 Å². The predicted octanol–water partition coefficient (Wildman–Crippen LogP) is 3.30. The number of furan rings is 1. The Morgan fingerprint density at radius 1 is 1.17 bits per heavy atom. The second kappa shape index (κ2) is 10.0. The van der Waals surface area contributed by atoms with Gasteiger partial charge in [-0.2, -0.15) is 0 Å². The summed E-state index contributed by atoms with van der Waals surface area (Å²) in [6.45, 7) is 1.29. The summed E-state index contributed by atoms with van der Waals surface area (Å²) >= 11 is 0. The average Bonchev–Trinajstić information content (AvgIpc) is 2.99. The summed E-state index contributed by atoms with van der Waals surface area (Å²) in [6.07, 6.45) is 2.65. The van der Waals surface area contributed by atoms with Crippen molar-refractivity contribution in [2.24, 2.45) is 5.73 Å². The van der Waals surface area contributed by atoms with E-state index in [0.717, 1.165) is 12.8 Å². The number of hydrogen-bond donors (Lipinski definition) is 2. The zero-order chi connectivity index (χ0) is 15.8. The van der Waals surface area contributed by atoms with E-state index in [0.29, 0.717) is 43.0 Å². The van der Waals surface area contributed by atoms with E-state index >= 15 is 0 Å². The fourth-order valence-electron chi connectivity index (χ4n) is 2.14. The van der Waals surface area contributed by atoms with E-state index < -0.39 is 0 Å². The molecule has 1 aromatic heterocycles. The van der Waals surface area contributed by atoms with Gasteiger partial charge in [0.1, 0.15) is 17.3 Å². The predicted molar refractivity (Wildman–Crippen MR) is 91.0 cm³/mol. The molecular weight excluding hydrogens is 319 g/mol. The minimum absolute atomic E-state index is 0. The lowest BCUT2D eigenvalue weighted by Gasteiger charge is -2.03. The maximum absolute atomic E-state index is 13.7. The van der Waals surface area contributed by atoms with Crippen LogP contribution in [0.5, 0.6) is 0 Å². The molecule has 2 aromatic rings. The first-order chi connectivity index (χ1) is 10.7. The van der Waals surface area contributed by atoms with Crippen LogP contribution >= 0.6 is 12.4 Å². The molecule has 6 heteroatoms. The van der Waals surface area contributed by atoms with Crippen molar-refractivity contribution in [3.8, 4) is 11.3 Å². The molecule has 0 spiro atoms. The summed E-state index contributed by atoms with van der Waals surface area (Å²) in [6, 6.07) is 9.97. The molecule has 0 fully saturated rings. The van der Waals surface area contributed by atoms with Gasteiger partial charge >= 0.3 is 0 Å². The van der Waals surface area contributed by atoms with E-state index in [2.05, 4.69) is 5.32 Å². The fraction of sp³-hybridized carbons (Fsp3) is 0.353. The van der Waals surface area contributed by atoms with Crippen LogP contribution in [0.3, 0.4) is 0 Å². The lowest BCUT2D eigenvalue weighted by atomic mass is 10.1. The second-order valence-corrected chi connectivity index (χ2v) is 5.09. The molecule has 4 nitrogen and oxygen atoms in total. The molecular formula is C17H22ClFN2O2. The monoisotopic (exact) mass is 340 g/mol. The number of rotatable bonds is 8. The van der Waals surface area contributed by atoms with E-state index in [1.807, 2.05) is 0 Å². The highest BCUT2D eigenvalue weighted by Gasteiger charge is 2.10. The molecule has 126 valence electrons. The Balaban J connectivity index is 0.00000264. The third kappa shape index (κ3) is 6.04. The molecule has 1 amide bonds. The summed E-state index contributed by atoms with van der Waals surface area (Å²) in [5, 5.41) is 2.84. The van der Waals surface area contributed by atoms with Crippen LogP contribution in [-0.4, -0.2) is 19.0 Å². The number of benzene rings is 1. The maximum atomic E-state index is 13.7. The molecule has 1 aromatic carbocycles. The number of nitrogens with two attached hydrogens (primary N) is 1. The Labute approximate surface area is 141 Å². The molecule has 0 saturated carbocycles. The van der Waals surface area contributed by atoms with Gasteiger partial charge in [0, 0.05) is 19.4 Å². The van der Waals surface area contributed by atoms with Crippen molar-refractivity contribution >= 4 is 18.3 Å². The van der Waals surface area contributed by atoms with Gasteiger partial charge in [-0.1, -0.05) is 12.1 Å². The molecule has 0 atom stereocenters. The van der Waals surface area contributed by atoms with Crippen molar-refractivity contribution in [1.29, 1.82) is 0 Å². The van der Waals surface area contributed by atoms with Crippen LogP contribution in [0.1, 0.15) is 25.0 Å². The van der Waals surface area contributed by atoms with Crippen molar-refractivity contribution in [2.45, 2.75) is 25.7 Å². The molecule has 0 unspecified atom stereocenters. The Morgan fingerprint density at radius 3 is 2.70 bits per heavy atom. The minimum atomic E-state index is -0.318. The van der Waals surface area contributed by atoms with Crippen LogP contribution in [0.25, 0.3) is 11.3 Å².